The number of nitrogens with two attached hydrogens (primary N) is 1. The molecule has 0 aliphatic rings. The lowest BCUT2D eigenvalue weighted by Gasteiger charge is -2.37. The van der Waals surface area contributed by atoms with Gasteiger partial charge in [0.2, 0.25) is 0 Å². The zero-order valence-corrected chi connectivity index (χ0v) is 18.5. The molecule has 0 spiro atoms. The van der Waals surface area contributed by atoms with Crippen LogP contribution in [0.3, 0.4) is 0 Å². The monoisotopic (exact) mass is 403 g/mol. The maximum Gasteiger partial charge on any atom is 0.194 e. The van der Waals surface area contributed by atoms with Crippen molar-refractivity contribution >= 4 is 0 Å². The van der Waals surface area contributed by atoms with E-state index in [-0.39, 0.29) is 12.8 Å². The van der Waals surface area contributed by atoms with Gasteiger partial charge in [0.15, 0.2) is 5.79 Å². The molecule has 0 aromatic carbocycles. The van der Waals surface area contributed by atoms with Gasteiger partial charge in [0.05, 0.1) is 6.61 Å². The van der Waals surface area contributed by atoms with Crippen molar-refractivity contribution in [3.05, 3.63) is 0 Å². The number of rotatable bonds is 21. The molecule has 0 rings (SSSR count). The highest BCUT2D eigenvalue weighted by molar-refractivity contribution is 4.90. The molecule has 0 aliphatic carbocycles. The normalized spacial score (nSPS) is 14.4. The first kappa shape index (κ1) is 27.8. The van der Waals surface area contributed by atoms with Gasteiger partial charge in [-0.25, -0.2) is 0 Å². The van der Waals surface area contributed by atoms with Crippen LogP contribution in [0.15, 0.2) is 0 Å². The highest BCUT2D eigenvalue weighted by atomic mass is 16.5. The van der Waals surface area contributed by atoms with Crippen LogP contribution in [0, 0.1) is 0 Å². The number of hydrogen-bond donors (Lipinski definition) is 5. The lowest BCUT2D eigenvalue weighted by atomic mass is 9.87. The molecule has 0 amide bonds. The molecule has 0 aromatic rings. The number of aliphatic hydroxyl groups is 4. The second-order valence-corrected chi connectivity index (χ2v) is 8.56. The summed E-state index contributed by atoms with van der Waals surface area (Å²) in [6, 6.07) is 0. The molecular formula is C23H49NO4. The minimum Gasteiger partial charge on any atom is -0.393 e. The molecule has 0 saturated heterocycles. The minimum absolute atomic E-state index is 0.102. The lowest BCUT2D eigenvalue weighted by molar-refractivity contribution is -0.288. The maximum atomic E-state index is 10.0. The summed E-state index contributed by atoms with van der Waals surface area (Å²) in [7, 11) is 0. The predicted molar refractivity (Wildman–Crippen MR) is 117 cm³/mol. The smallest absolute Gasteiger partial charge is 0.194 e. The molecule has 28 heavy (non-hydrogen) atoms. The van der Waals surface area contributed by atoms with Crippen molar-refractivity contribution < 1.29 is 20.4 Å². The molecule has 6 N–H and O–H groups in total. The highest BCUT2D eigenvalue weighted by Crippen LogP contribution is 2.28. The summed E-state index contributed by atoms with van der Waals surface area (Å²) < 4.78 is 0. The molecule has 0 fully saturated rings. The van der Waals surface area contributed by atoms with Crippen LogP contribution in [-0.2, 0) is 0 Å². The molecule has 5 nitrogen and oxygen atoms in total. The summed E-state index contributed by atoms with van der Waals surface area (Å²) in [5.74, 6) is -2.21. The van der Waals surface area contributed by atoms with E-state index in [4.69, 9.17) is 5.73 Å². The Hall–Kier alpha value is -0.200. The Bertz CT molecular complexity index is 333. The Morgan fingerprint density at radius 2 is 0.893 bits per heavy atom. The van der Waals surface area contributed by atoms with Crippen LogP contribution in [0.1, 0.15) is 122 Å². The first-order valence-electron chi connectivity index (χ1n) is 11.9. The van der Waals surface area contributed by atoms with Gasteiger partial charge in [-0.3, -0.25) is 0 Å². The van der Waals surface area contributed by atoms with E-state index in [0.29, 0.717) is 6.42 Å². The van der Waals surface area contributed by atoms with Crippen molar-refractivity contribution in [3.8, 4) is 0 Å². The molecular weight excluding hydrogens is 354 g/mol. The van der Waals surface area contributed by atoms with E-state index in [1.165, 1.54) is 83.5 Å². The van der Waals surface area contributed by atoms with Crippen molar-refractivity contribution in [2.45, 2.75) is 134 Å². The Morgan fingerprint density at radius 1 is 0.571 bits per heavy atom. The summed E-state index contributed by atoms with van der Waals surface area (Å²) in [6.07, 6.45) is 20.0. The van der Waals surface area contributed by atoms with E-state index in [1.54, 1.807) is 6.92 Å². The van der Waals surface area contributed by atoms with Gasteiger partial charge in [0.1, 0.15) is 5.60 Å². The van der Waals surface area contributed by atoms with Gasteiger partial charge in [-0.2, -0.15) is 0 Å². The second kappa shape index (κ2) is 17.6. The zero-order valence-electron chi connectivity index (χ0n) is 18.5. The Labute approximate surface area is 173 Å². The Morgan fingerprint density at radius 3 is 1.18 bits per heavy atom. The summed E-state index contributed by atoms with van der Waals surface area (Å²) in [5, 5.41) is 39.2. The zero-order chi connectivity index (χ0) is 21.1. The molecule has 0 heterocycles. The number of hydrogen-bond acceptors (Lipinski definition) is 5. The van der Waals surface area contributed by atoms with Crippen LogP contribution >= 0.6 is 0 Å². The maximum absolute atomic E-state index is 10.0. The second-order valence-electron chi connectivity index (χ2n) is 8.56. The van der Waals surface area contributed by atoms with Gasteiger partial charge in [-0.1, -0.05) is 96.8 Å². The predicted octanol–water partition coefficient (Wildman–Crippen LogP) is 4.39. The molecule has 0 aromatic heterocycles. The van der Waals surface area contributed by atoms with Crippen molar-refractivity contribution in [2.75, 3.05) is 13.2 Å². The summed E-state index contributed by atoms with van der Waals surface area (Å²) in [4.78, 5) is 0. The fraction of sp³-hybridized carbons (Fsp3) is 1.00. The Balaban J connectivity index is 3.36. The largest absolute Gasteiger partial charge is 0.393 e. The van der Waals surface area contributed by atoms with E-state index >= 15 is 0 Å². The van der Waals surface area contributed by atoms with E-state index in [2.05, 4.69) is 0 Å². The summed E-state index contributed by atoms with van der Waals surface area (Å²) in [5.41, 5.74) is 3.67. The minimum atomic E-state index is -2.21. The third-order valence-electron chi connectivity index (χ3n) is 6.07. The van der Waals surface area contributed by atoms with Crippen LogP contribution in [0.25, 0.3) is 0 Å². The fourth-order valence-corrected chi connectivity index (χ4v) is 3.74. The van der Waals surface area contributed by atoms with Gasteiger partial charge in [0, 0.05) is 6.42 Å². The van der Waals surface area contributed by atoms with Gasteiger partial charge < -0.3 is 26.2 Å². The van der Waals surface area contributed by atoms with Gasteiger partial charge in [-0.15, -0.1) is 0 Å². The Kier molecular flexibility index (Phi) is 17.5. The average molecular weight is 404 g/mol. The van der Waals surface area contributed by atoms with Crippen LogP contribution in [0.2, 0.25) is 0 Å². The number of unbranched alkanes of at least 4 members (excludes halogenated alkanes) is 15. The van der Waals surface area contributed by atoms with Crippen molar-refractivity contribution in [1.29, 1.82) is 0 Å². The molecule has 0 radical (unpaired) electrons. The lowest BCUT2D eigenvalue weighted by Crippen LogP contribution is -2.56. The van der Waals surface area contributed by atoms with E-state index < -0.39 is 18.0 Å². The molecule has 170 valence electrons. The molecule has 0 saturated carbocycles. The first-order chi connectivity index (χ1) is 13.4. The van der Waals surface area contributed by atoms with Crippen molar-refractivity contribution in [1.82, 2.24) is 0 Å². The fourth-order valence-electron chi connectivity index (χ4n) is 3.74. The van der Waals surface area contributed by atoms with Crippen molar-refractivity contribution in [2.24, 2.45) is 5.73 Å². The summed E-state index contributed by atoms with van der Waals surface area (Å²) >= 11 is 0. The standard InChI is InChI=1S/C23H49NO4/c1-2-22(26,21-25)23(27,28)19-17-15-13-11-9-7-5-3-4-6-8-10-12-14-16-18-20-24/h25-28H,2-21,24H2,1H3. The number of aliphatic hydroxyl groups excluding tert-OH is 1. The third kappa shape index (κ3) is 13.1. The molecule has 0 bridgehead atoms. The van der Waals surface area contributed by atoms with Crippen molar-refractivity contribution in [3.63, 3.8) is 0 Å². The van der Waals surface area contributed by atoms with E-state index in [1.807, 2.05) is 0 Å². The summed E-state index contributed by atoms with van der Waals surface area (Å²) in [6.45, 7) is 1.84. The van der Waals surface area contributed by atoms with Crippen LogP contribution in [0.5, 0.6) is 0 Å². The molecule has 0 aliphatic heterocycles. The van der Waals surface area contributed by atoms with Crippen LogP contribution in [0.4, 0.5) is 0 Å². The first-order valence-corrected chi connectivity index (χ1v) is 11.9. The van der Waals surface area contributed by atoms with Gasteiger partial charge in [-0.05, 0) is 25.8 Å². The van der Waals surface area contributed by atoms with E-state index in [0.717, 1.165) is 19.4 Å². The molecule has 1 unspecified atom stereocenters. The molecule has 5 heteroatoms. The highest BCUT2D eigenvalue weighted by Gasteiger charge is 2.45. The molecule has 1 atom stereocenters. The SMILES string of the molecule is CCC(O)(CO)C(O)(O)CCCCCCCCCCCCCCCCCCN. The van der Waals surface area contributed by atoms with Crippen LogP contribution < -0.4 is 5.73 Å². The average Bonchev–Trinajstić information content (AvgIpc) is 2.69. The van der Waals surface area contributed by atoms with Gasteiger partial charge in [0.25, 0.3) is 0 Å². The van der Waals surface area contributed by atoms with Gasteiger partial charge >= 0.3 is 0 Å². The van der Waals surface area contributed by atoms with Crippen LogP contribution in [-0.4, -0.2) is 45.0 Å². The topological polar surface area (TPSA) is 107 Å². The third-order valence-corrected chi connectivity index (χ3v) is 6.07. The van der Waals surface area contributed by atoms with E-state index in [9.17, 15) is 20.4 Å². The quantitative estimate of drug-likeness (QED) is 0.144.